The van der Waals surface area contributed by atoms with Crippen LogP contribution in [0.5, 0.6) is 5.75 Å². The van der Waals surface area contributed by atoms with E-state index in [-0.39, 0.29) is 11.5 Å². The predicted octanol–water partition coefficient (Wildman–Crippen LogP) is 2.81. The van der Waals surface area contributed by atoms with Crippen LogP contribution in [0.3, 0.4) is 0 Å². The van der Waals surface area contributed by atoms with Gasteiger partial charge in [-0.05, 0) is 24.6 Å². The lowest BCUT2D eigenvalue weighted by Crippen LogP contribution is -2.35. The Kier molecular flexibility index (Phi) is 4.71. The van der Waals surface area contributed by atoms with Crippen LogP contribution in [0.15, 0.2) is 48.5 Å². The number of carbonyl (C=O) groups is 2. The lowest BCUT2D eigenvalue weighted by Gasteiger charge is -2.25. The number of anilines is 1. The summed E-state index contributed by atoms with van der Waals surface area (Å²) in [5.41, 5.74) is 1.65. The van der Waals surface area contributed by atoms with Gasteiger partial charge >= 0.3 is 5.97 Å². The molecular formula is C20H17NO4. The second kappa shape index (κ2) is 7.10. The molecule has 2 atom stereocenters. The van der Waals surface area contributed by atoms with E-state index < -0.39 is 18.2 Å². The number of benzene rings is 2. The number of hydrogen-bond acceptors (Lipinski definition) is 4. The monoisotopic (exact) mass is 335 g/mol. The first-order valence-electron chi connectivity index (χ1n) is 7.90. The van der Waals surface area contributed by atoms with Gasteiger partial charge in [-0.2, -0.15) is 0 Å². The zero-order valence-corrected chi connectivity index (χ0v) is 13.7. The van der Waals surface area contributed by atoms with E-state index in [1.54, 1.807) is 25.1 Å². The first-order chi connectivity index (χ1) is 12.1. The first kappa shape index (κ1) is 16.6. The standard InChI is InChI=1S/C20H17NO4/c1-3-15(12-14-8-5-4-6-9-14)25-20(23)16-10-7-11-17-18(16)24-13(2)19(22)21-17/h1,4-11,13,15H,12H2,2H3,(H,21,22)/t13-,15+/m0/s1. The fourth-order valence-electron chi connectivity index (χ4n) is 2.54. The van der Waals surface area contributed by atoms with Crippen LogP contribution in [-0.2, 0) is 16.0 Å². The van der Waals surface area contributed by atoms with E-state index in [1.165, 1.54) is 0 Å². The molecule has 1 N–H and O–H groups in total. The summed E-state index contributed by atoms with van der Waals surface area (Å²) in [5.74, 6) is 1.95. The van der Waals surface area contributed by atoms with E-state index in [9.17, 15) is 9.59 Å². The van der Waals surface area contributed by atoms with Gasteiger partial charge in [-0.1, -0.05) is 42.3 Å². The van der Waals surface area contributed by atoms with Gasteiger partial charge in [0, 0.05) is 6.42 Å². The number of terminal acetylenes is 1. The molecule has 5 nitrogen and oxygen atoms in total. The molecule has 0 aromatic heterocycles. The lowest BCUT2D eigenvalue weighted by molar-refractivity contribution is -0.122. The average Bonchev–Trinajstić information content (AvgIpc) is 2.62. The Morgan fingerprint density at radius 2 is 2.04 bits per heavy atom. The molecule has 1 amide bonds. The molecular weight excluding hydrogens is 318 g/mol. The molecule has 126 valence electrons. The van der Waals surface area contributed by atoms with Crippen LogP contribution in [0, 0.1) is 12.3 Å². The van der Waals surface area contributed by atoms with Crippen LogP contribution in [0.4, 0.5) is 5.69 Å². The van der Waals surface area contributed by atoms with Gasteiger partial charge in [0.2, 0.25) is 0 Å². The zero-order chi connectivity index (χ0) is 17.8. The number of rotatable bonds is 4. The average molecular weight is 335 g/mol. The Morgan fingerprint density at radius 1 is 1.28 bits per heavy atom. The molecule has 2 aromatic carbocycles. The summed E-state index contributed by atoms with van der Waals surface area (Å²) in [6.45, 7) is 1.61. The zero-order valence-electron chi connectivity index (χ0n) is 13.7. The predicted molar refractivity (Wildman–Crippen MR) is 93.3 cm³/mol. The van der Waals surface area contributed by atoms with Gasteiger partial charge in [-0.15, -0.1) is 6.42 Å². The van der Waals surface area contributed by atoms with Gasteiger partial charge < -0.3 is 14.8 Å². The van der Waals surface area contributed by atoms with Crippen molar-refractivity contribution in [3.05, 3.63) is 59.7 Å². The third-order valence-electron chi connectivity index (χ3n) is 3.86. The number of para-hydroxylation sites is 1. The van der Waals surface area contributed by atoms with Gasteiger partial charge in [0.25, 0.3) is 5.91 Å². The highest BCUT2D eigenvalue weighted by molar-refractivity contribution is 6.02. The molecule has 5 heteroatoms. The number of nitrogens with one attached hydrogen (secondary N) is 1. The first-order valence-corrected chi connectivity index (χ1v) is 7.90. The Bertz CT molecular complexity index is 839. The second-order valence-electron chi connectivity index (χ2n) is 5.68. The molecule has 0 aliphatic carbocycles. The van der Waals surface area contributed by atoms with E-state index in [0.29, 0.717) is 17.9 Å². The molecule has 0 fully saturated rings. The fourth-order valence-corrected chi connectivity index (χ4v) is 2.54. The van der Waals surface area contributed by atoms with E-state index in [2.05, 4.69) is 11.2 Å². The minimum atomic E-state index is -0.693. The summed E-state index contributed by atoms with van der Waals surface area (Å²) in [5, 5.41) is 2.70. The number of carbonyl (C=O) groups excluding carboxylic acids is 2. The highest BCUT2D eigenvalue weighted by atomic mass is 16.5. The van der Waals surface area contributed by atoms with E-state index >= 15 is 0 Å². The normalized spacial score (nSPS) is 16.6. The molecule has 25 heavy (non-hydrogen) atoms. The van der Waals surface area contributed by atoms with Crippen LogP contribution in [-0.4, -0.2) is 24.1 Å². The van der Waals surface area contributed by atoms with Gasteiger partial charge in [0.05, 0.1) is 5.69 Å². The quantitative estimate of drug-likeness (QED) is 0.689. The maximum Gasteiger partial charge on any atom is 0.343 e. The molecule has 0 unspecified atom stereocenters. The summed E-state index contributed by atoms with van der Waals surface area (Å²) in [6, 6.07) is 14.4. The van der Waals surface area contributed by atoms with E-state index in [4.69, 9.17) is 15.9 Å². The number of fused-ring (bicyclic) bond motifs is 1. The molecule has 1 aliphatic rings. The molecule has 1 aliphatic heterocycles. The lowest BCUT2D eigenvalue weighted by atomic mass is 10.1. The number of esters is 1. The third-order valence-corrected chi connectivity index (χ3v) is 3.86. The largest absolute Gasteiger partial charge is 0.478 e. The van der Waals surface area contributed by atoms with Crippen LogP contribution in [0.1, 0.15) is 22.8 Å². The molecule has 3 rings (SSSR count). The number of hydrogen-bond donors (Lipinski definition) is 1. The van der Waals surface area contributed by atoms with Crippen LogP contribution in [0.2, 0.25) is 0 Å². The third kappa shape index (κ3) is 3.64. The Morgan fingerprint density at radius 3 is 2.76 bits per heavy atom. The molecule has 1 heterocycles. The summed E-state index contributed by atoms with van der Waals surface area (Å²) < 4.78 is 11.0. The molecule has 0 radical (unpaired) electrons. The van der Waals surface area contributed by atoms with Crippen molar-refractivity contribution in [2.45, 2.75) is 25.6 Å². The second-order valence-corrected chi connectivity index (χ2v) is 5.68. The van der Waals surface area contributed by atoms with Crippen molar-refractivity contribution in [3.63, 3.8) is 0 Å². The Labute approximate surface area is 146 Å². The highest BCUT2D eigenvalue weighted by Gasteiger charge is 2.28. The van der Waals surface area contributed by atoms with Crippen LogP contribution in [0.25, 0.3) is 0 Å². The van der Waals surface area contributed by atoms with E-state index in [1.807, 2.05) is 30.3 Å². The molecule has 2 aromatic rings. The molecule has 0 saturated heterocycles. The van der Waals surface area contributed by atoms with Crippen molar-refractivity contribution < 1.29 is 19.1 Å². The Hall–Kier alpha value is -3.26. The van der Waals surface area contributed by atoms with Crippen LogP contribution >= 0.6 is 0 Å². The van der Waals surface area contributed by atoms with Crippen molar-refractivity contribution in [1.82, 2.24) is 0 Å². The van der Waals surface area contributed by atoms with Gasteiger partial charge in [-0.25, -0.2) is 4.79 Å². The maximum absolute atomic E-state index is 12.6. The topological polar surface area (TPSA) is 64.6 Å². The minimum absolute atomic E-state index is 0.234. The fraction of sp³-hybridized carbons (Fsp3) is 0.200. The van der Waals surface area contributed by atoms with Gasteiger partial charge in [-0.3, -0.25) is 4.79 Å². The van der Waals surface area contributed by atoms with Gasteiger partial charge in [0.1, 0.15) is 5.56 Å². The van der Waals surface area contributed by atoms with Gasteiger partial charge in [0.15, 0.2) is 18.0 Å². The SMILES string of the molecule is C#C[C@H](Cc1ccccc1)OC(=O)c1cccc2c1O[C@@H](C)C(=O)N2. The summed E-state index contributed by atoms with van der Waals surface area (Å²) in [4.78, 5) is 24.2. The van der Waals surface area contributed by atoms with Crippen LogP contribution < -0.4 is 10.1 Å². The summed E-state index contributed by atoms with van der Waals surface area (Å²) >= 11 is 0. The van der Waals surface area contributed by atoms with Crippen molar-refractivity contribution in [1.29, 1.82) is 0 Å². The van der Waals surface area contributed by atoms with Crippen molar-refractivity contribution >= 4 is 17.6 Å². The molecule has 0 saturated carbocycles. The summed E-state index contributed by atoms with van der Waals surface area (Å²) in [6.07, 6.45) is 4.55. The van der Waals surface area contributed by atoms with Crippen molar-refractivity contribution in [2.24, 2.45) is 0 Å². The highest BCUT2D eigenvalue weighted by Crippen LogP contribution is 2.33. The molecule has 0 bridgehead atoms. The smallest absolute Gasteiger partial charge is 0.343 e. The van der Waals surface area contributed by atoms with E-state index in [0.717, 1.165) is 5.56 Å². The number of amides is 1. The summed E-state index contributed by atoms with van der Waals surface area (Å²) in [7, 11) is 0. The minimum Gasteiger partial charge on any atom is -0.478 e. The molecule has 0 spiro atoms. The number of ether oxygens (including phenoxy) is 2. The maximum atomic E-state index is 12.6. The Balaban J connectivity index is 1.78. The van der Waals surface area contributed by atoms with Crippen molar-refractivity contribution in [3.8, 4) is 18.1 Å². The van der Waals surface area contributed by atoms with Crippen molar-refractivity contribution in [2.75, 3.05) is 5.32 Å².